The molecule has 2 aliphatic carbocycles. The van der Waals surface area contributed by atoms with E-state index in [0.717, 1.165) is 37.8 Å². The Balaban J connectivity index is 1.72. The molecule has 0 heterocycles. The molecule has 2 atom stereocenters. The maximum absolute atomic E-state index is 12.0. The first-order valence-electron chi connectivity index (χ1n) is 7.29. The Labute approximate surface area is 113 Å². The highest BCUT2D eigenvalue weighted by molar-refractivity contribution is 5.04. The van der Waals surface area contributed by atoms with E-state index in [4.69, 9.17) is 4.74 Å². The van der Waals surface area contributed by atoms with Crippen LogP contribution in [0.4, 0.5) is 13.2 Å². The molecule has 0 saturated heterocycles. The van der Waals surface area contributed by atoms with E-state index in [9.17, 15) is 13.2 Å². The summed E-state index contributed by atoms with van der Waals surface area (Å²) >= 11 is 0. The predicted octanol–water partition coefficient (Wildman–Crippen LogP) is 3.37. The monoisotopic (exact) mass is 279 g/mol. The maximum Gasteiger partial charge on any atom is 0.411 e. The van der Waals surface area contributed by atoms with Gasteiger partial charge in [-0.05, 0) is 55.9 Å². The van der Waals surface area contributed by atoms with Crippen LogP contribution < -0.4 is 5.32 Å². The summed E-state index contributed by atoms with van der Waals surface area (Å²) in [4.78, 5) is 0. The van der Waals surface area contributed by atoms with Gasteiger partial charge in [-0.2, -0.15) is 13.2 Å². The smallest absolute Gasteiger partial charge is 0.372 e. The van der Waals surface area contributed by atoms with Crippen LogP contribution in [0.15, 0.2) is 0 Å². The lowest BCUT2D eigenvalue weighted by molar-refractivity contribution is -0.175. The highest BCUT2D eigenvalue weighted by Crippen LogP contribution is 2.60. The van der Waals surface area contributed by atoms with Gasteiger partial charge in [0.15, 0.2) is 0 Å². The first-order chi connectivity index (χ1) is 8.94. The second kappa shape index (κ2) is 6.00. The third kappa shape index (κ3) is 4.63. The molecule has 112 valence electrons. The normalized spacial score (nSPS) is 33.5. The number of ether oxygens (including phenoxy) is 1. The van der Waals surface area contributed by atoms with Crippen molar-refractivity contribution >= 4 is 0 Å². The molecule has 0 spiro atoms. The van der Waals surface area contributed by atoms with Crippen molar-refractivity contribution in [3.63, 3.8) is 0 Å². The Bertz CT molecular complexity index is 283. The van der Waals surface area contributed by atoms with Gasteiger partial charge in [0.25, 0.3) is 0 Å². The van der Waals surface area contributed by atoms with Gasteiger partial charge in [-0.3, -0.25) is 0 Å². The molecule has 0 bridgehead atoms. The second-order valence-corrected chi connectivity index (χ2v) is 6.26. The zero-order valence-electron chi connectivity index (χ0n) is 11.6. The lowest BCUT2D eigenvalue weighted by Crippen LogP contribution is -2.35. The number of rotatable bonds is 8. The standard InChI is InChI=1S/C14H24F3NO/c1-2-4-18-9-13(7-11-6-12(11)8-13)3-5-19-10-14(15,16)17/h11-12,18H,2-10H2,1H3. The summed E-state index contributed by atoms with van der Waals surface area (Å²) in [6, 6.07) is 0. The highest BCUT2D eigenvalue weighted by atomic mass is 19.4. The molecule has 0 aromatic carbocycles. The summed E-state index contributed by atoms with van der Waals surface area (Å²) in [5.41, 5.74) is 0.189. The number of nitrogens with one attached hydrogen (secondary N) is 1. The largest absolute Gasteiger partial charge is 0.411 e. The molecule has 2 fully saturated rings. The third-order valence-electron chi connectivity index (χ3n) is 4.43. The van der Waals surface area contributed by atoms with Crippen LogP contribution in [-0.4, -0.2) is 32.5 Å². The maximum atomic E-state index is 12.0. The van der Waals surface area contributed by atoms with Crippen molar-refractivity contribution in [2.75, 3.05) is 26.3 Å². The van der Waals surface area contributed by atoms with Crippen molar-refractivity contribution in [1.82, 2.24) is 5.32 Å². The fourth-order valence-corrected chi connectivity index (χ4v) is 3.45. The van der Waals surface area contributed by atoms with Crippen LogP contribution in [0, 0.1) is 17.3 Å². The number of hydrogen-bond donors (Lipinski definition) is 1. The van der Waals surface area contributed by atoms with Crippen molar-refractivity contribution in [3.8, 4) is 0 Å². The summed E-state index contributed by atoms with van der Waals surface area (Å²) in [5, 5.41) is 3.44. The third-order valence-corrected chi connectivity index (χ3v) is 4.43. The zero-order valence-corrected chi connectivity index (χ0v) is 11.6. The van der Waals surface area contributed by atoms with Gasteiger partial charge in [0.05, 0.1) is 0 Å². The molecule has 2 unspecified atom stereocenters. The summed E-state index contributed by atoms with van der Waals surface area (Å²) in [6.45, 7) is 3.16. The molecule has 2 rings (SSSR count). The number of hydrogen-bond acceptors (Lipinski definition) is 2. The topological polar surface area (TPSA) is 21.3 Å². The van der Waals surface area contributed by atoms with E-state index in [-0.39, 0.29) is 12.0 Å². The molecule has 0 aromatic heterocycles. The SMILES string of the molecule is CCCNCC1(CCOCC(F)(F)F)CC2CC2C1. The van der Waals surface area contributed by atoms with Crippen LogP contribution in [0.25, 0.3) is 0 Å². The molecule has 2 nitrogen and oxygen atoms in total. The van der Waals surface area contributed by atoms with Crippen molar-refractivity contribution in [2.24, 2.45) is 17.3 Å². The fourth-order valence-electron chi connectivity index (χ4n) is 3.45. The van der Waals surface area contributed by atoms with Crippen LogP contribution in [0.1, 0.15) is 39.0 Å². The molecule has 0 radical (unpaired) electrons. The van der Waals surface area contributed by atoms with E-state index in [0.29, 0.717) is 0 Å². The summed E-state index contributed by atoms with van der Waals surface area (Å²) in [6.07, 6.45) is 1.32. The predicted molar refractivity (Wildman–Crippen MR) is 67.9 cm³/mol. The first kappa shape index (κ1) is 15.1. The number of fused-ring (bicyclic) bond motifs is 1. The molecule has 0 aliphatic heterocycles. The highest BCUT2D eigenvalue weighted by Gasteiger charge is 2.53. The Kier molecular flexibility index (Phi) is 4.77. The lowest BCUT2D eigenvalue weighted by atomic mass is 9.80. The lowest BCUT2D eigenvalue weighted by Gasteiger charge is -2.31. The number of halogens is 3. The van der Waals surface area contributed by atoms with Crippen LogP contribution in [0.2, 0.25) is 0 Å². The van der Waals surface area contributed by atoms with E-state index >= 15 is 0 Å². The van der Waals surface area contributed by atoms with E-state index in [1.54, 1.807) is 0 Å². The molecule has 0 aromatic rings. The Morgan fingerprint density at radius 3 is 2.53 bits per heavy atom. The number of alkyl halides is 3. The average molecular weight is 279 g/mol. The zero-order chi connectivity index (χ0) is 13.9. The van der Waals surface area contributed by atoms with Crippen molar-refractivity contribution in [3.05, 3.63) is 0 Å². The van der Waals surface area contributed by atoms with E-state index < -0.39 is 12.8 Å². The van der Waals surface area contributed by atoms with Crippen molar-refractivity contribution in [1.29, 1.82) is 0 Å². The molecule has 19 heavy (non-hydrogen) atoms. The van der Waals surface area contributed by atoms with Crippen LogP contribution >= 0.6 is 0 Å². The minimum atomic E-state index is -4.20. The quantitative estimate of drug-likeness (QED) is 0.688. The summed E-state index contributed by atoms with van der Waals surface area (Å²) in [7, 11) is 0. The summed E-state index contributed by atoms with van der Waals surface area (Å²) < 4.78 is 40.9. The molecule has 2 aliphatic rings. The molecule has 2 saturated carbocycles. The van der Waals surface area contributed by atoms with Gasteiger partial charge in [0, 0.05) is 13.2 Å². The van der Waals surface area contributed by atoms with Crippen molar-refractivity contribution < 1.29 is 17.9 Å². The molecular weight excluding hydrogens is 255 g/mol. The Morgan fingerprint density at radius 2 is 1.95 bits per heavy atom. The van der Waals surface area contributed by atoms with Gasteiger partial charge in [-0.15, -0.1) is 0 Å². The van der Waals surface area contributed by atoms with Gasteiger partial charge in [-0.1, -0.05) is 6.92 Å². The second-order valence-electron chi connectivity index (χ2n) is 6.26. The average Bonchev–Trinajstić information content (AvgIpc) is 2.93. The first-order valence-corrected chi connectivity index (χ1v) is 7.29. The van der Waals surface area contributed by atoms with Gasteiger partial charge in [-0.25, -0.2) is 0 Å². The van der Waals surface area contributed by atoms with Crippen LogP contribution in [0.5, 0.6) is 0 Å². The Hall–Kier alpha value is -0.290. The molecular formula is C14H24F3NO. The fraction of sp³-hybridized carbons (Fsp3) is 1.00. The van der Waals surface area contributed by atoms with E-state index in [2.05, 4.69) is 12.2 Å². The van der Waals surface area contributed by atoms with Crippen molar-refractivity contribution in [2.45, 2.75) is 45.2 Å². The molecule has 0 amide bonds. The molecule has 1 N–H and O–H groups in total. The molecule has 5 heteroatoms. The summed E-state index contributed by atoms with van der Waals surface area (Å²) in [5.74, 6) is 1.68. The van der Waals surface area contributed by atoms with E-state index in [1.165, 1.54) is 19.3 Å². The Morgan fingerprint density at radius 1 is 1.26 bits per heavy atom. The van der Waals surface area contributed by atoms with Gasteiger partial charge in [0.2, 0.25) is 0 Å². The minimum Gasteiger partial charge on any atom is -0.372 e. The minimum absolute atomic E-state index is 0.189. The van der Waals surface area contributed by atoms with E-state index in [1.807, 2.05) is 0 Å². The van der Waals surface area contributed by atoms with Crippen LogP contribution in [-0.2, 0) is 4.74 Å². The van der Waals surface area contributed by atoms with Gasteiger partial charge in [0.1, 0.15) is 6.61 Å². The van der Waals surface area contributed by atoms with Gasteiger partial charge >= 0.3 is 6.18 Å². The van der Waals surface area contributed by atoms with Gasteiger partial charge < -0.3 is 10.1 Å². The van der Waals surface area contributed by atoms with Crippen LogP contribution in [0.3, 0.4) is 0 Å².